The monoisotopic (exact) mass is 344 g/mol. The Balaban J connectivity index is 1.71. The van der Waals surface area contributed by atoms with Crippen LogP contribution in [0.3, 0.4) is 0 Å². The van der Waals surface area contributed by atoms with Crippen molar-refractivity contribution >= 4 is 23.5 Å². The van der Waals surface area contributed by atoms with Gasteiger partial charge in [-0.3, -0.25) is 9.59 Å². The molecular formula is C19H24N2O4. The third-order valence-corrected chi connectivity index (χ3v) is 4.95. The van der Waals surface area contributed by atoms with Crippen molar-refractivity contribution in [2.24, 2.45) is 0 Å². The minimum atomic E-state index is -0.477. The van der Waals surface area contributed by atoms with E-state index in [1.54, 1.807) is 9.80 Å². The molecule has 1 atom stereocenters. The van der Waals surface area contributed by atoms with Crippen molar-refractivity contribution < 1.29 is 19.1 Å². The summed E-state index contributed by atoms with van der Waals surface area (Å²) >= 11 is 0. The maximum Gasteiger partial charge on any atom is 0.328 e. The Morgan fingerprint density at radius 1 is 1.20 bits per heavy atom. The molecule has 25 heavy (non-hydrogen) atoms. The van der Waals surface area contributed by atoms with Crippen molar-refractivity contribution in [3.63, 3.8) is 0 Å². The van der Waals surface area contributed by atoms with Gasteiger partial charge in [-0.25, -0.2) is 4.79 Å². The molecule has 0 spiro atoms. The second-order valence-electron chi connectivity index (χ2n) is 6.62. The van der Waals surface area contributed by atoms with E-state index in [2.05, 4.69) is 0 Å². The van der Waals surface area contributed by atoms with Gasteiger partial charge in [-0.05, 0) is 43.4 Å². The molecule has 2 amide bonds. The normalized spacial score (nSPS) is 20.7. The molecule has 2 aliphatic heterocycles. The van der Waals surface area contributed by atoms with Crippen LogP contribution in [0.25, 0.3) is 0 Å². The molecule has 1 aromatic carbocycles. The second-order valence-corrected chi connectivity index (χ2v) is 6.62. The van der Waals surface area contributed by atoms with Crippen LogP contribution in [0.15, 0.2) is 24.3 Å². The van der Waals surface area contributed by atoms with E-state index in [1.807, 2.05) is 24.3 Å². The van der Waals surface area contributed by atoms with E-state index < -0.39 is 6.04 Å². The van der Waals surface area contributed by atoms with Gasteiger partial charge in [0.2, 0.25) is 11.8 Å². The molecule has 0 aliphatic carbocycles. The Hall–Kier alpha value is -2.37. The number of likely N-dealkylation sites (tertiary alicyclic amines) is 1. The third-order valence-electron chi connectivity index (χ3n) is 4.95. The largest absolute Gasteiger partial charge is 0.467 e. The fourth-order valence-corrected chi connectivity index (χ4v) is 3.64. The number of ether oxygens (including phenoxy) is 1. The topological polar surface area (TPSA) is 66.9 Å². The van der Waals surface area contributed by atoms with Crippen LogP contribution in [0.2, 0.25) is 0 Å². The number of benzene rings is 1. The number of methoxy groups -OCH3 is 1. The first-order valence-corrected chi connectivity index (χ1v) is 8.87. The number of piperidine rings is 1. The maximum absolute atomic E-state index is 12.7. The molecule has 2 heterocycles. The van der Waals surface area contributed by atoms with E-state index >= 15 is 0 Å². The molecule has 0 radical (unpaired) electrons. The minimum absolute atomic E-state index is 0.0694. The molecule has 1 unspecified atom stereocenters. The summed E-state index contributed by atoms with van der Waals surface area (Å²) in [5.41, 5.74) is 1.70. The Labute approximate surface area is 147 Å². The molecule has 1 aromatic rings. The van der Waals surface area contributed by atoms with Crippen LogP contribution in [-0.4, -0.2) is 48.9 Å². The Kier molecular flexibility index (Phi) is 5.36. The number of nitrogens with zero attached hydrogens (tertiary/aromatic N) is 2. The fourth-order valence-electron chi connectivity index (χ4n) is 3.64. The SMILES string of the molecule is COC(=O)C1CCCCN1C(=O)Cc1cccc(N2CCCC2=O)c1. The molecule has 0 N–H and O–H groups in total. The highest BCUT2D eigenvalue weighted by Gasteiger charge is 2.32. The van der Waals surface area contributed by atoms with Gasteiger partial charge in [-0.15, -0.1) is 0 Å². The van der Waals surface area contributed by atoms with Crippen LogP contribution < -0.4 is 4.90 Å². The molecule has 134 valence electrons. The molecule has 2 saturated heterocycles. The number of hydrogen-bond donors (Lipinski definition) is 0. The van der Waals surface area contributed by atoms with Crippen LogP contribution in [0.1, 0.15) is 37.7 Å². The fraction of sp³-hybridized carbons (Fsp3) is 0.526. The maximum atomic E-state index is 12.7. The van der Waals surface area contributed by atoms with Crippen LogP contribution >= 0.6 is 0 Å². The zero-order valence-electron chi connectivity index (χ0n) is 14.6. The van der Waals surface area contributed by atoms with Gasteiger partial charge in [-0.2, -0.15) is 0 Å². The highest BCUT2D eigenvalue weighted by Crippen LogP contribution is 2.24. The summed E-state index contributed by atoms with van der Waals surface area (Å²) in [5.74, 6) is -0.283. The second kappa shape index (κ2) is 7.68. The standard InChI is InChI=1S/C19H24N2O4/c1-25-19(24)16-8-2-3-10-21(16)18(23)13-14-6-4-7-15(12-14)20-11-5-9-17(20)22/h4,6-7,12,16H,2-3,5,8-11,13H2,1H3. The Morgan fingerprint density at radius 2 is 2.04 bits per heavy atom. The Morgan fingerprint density at radius 3 is 2.76 bits per heavy atom. The molecule has 6 nitrogen and oxygen atoms in total. The summed E-state index contributed by atoms with van der Waals surface area (Å²) in [5, 5.41) is 0. The highest BCUT2D eigenvalue weighted by molar-refractivity contribution is 5.95. The zero-order valence-corrected chi connectivity index (χ0v) is 14.6. The van der Waals surface area contributed by atoms with Crippen LogP contribution in [-0.2, 0) is 25.5 Å². The first kappa shape index (κ1) is 17.5. The highest BCUT2D eigenvalue weighted by atomic mass is 16.5. The van der Waals surface area contributed by atoms with E-state index in [0.717, 1.165) is 37.1 Å². The number of esters is 1. The smallest absolute Gasteiger partial charge is 0.328 e. The van der Waals surface area contributed by atoms with Crippen LogP contribution in [0.4, 0.5) is 5.69 Å². The molecule has 6 heteroatoms. The van der Waals surface area contributed by atoms with Gasteiger partial charge in [0.05, 0.1) is 13.5 Å². The lowest BCUT2D eigenvalue weighted by Crippen LogP contribution is -2.49. The molecule has 3 rings (SSSR count). The van der Waals surface area contributed by atoms with Crippen molar-refractivity contribution in [3.05, 3.63) is 29.8 Å². The number of amides is 2. The summed E-state index contributed by atoms with van der Waals surface area (Å²) < 4.78 is 4.84. The lowest BCUT2D eigenvalue weighted by atomic mass is 10.0. The summed E-state index contributed by atoms with van der Waals surface area (Å²) in [6.07, 6.45) is 4.16. The zero-order chi connectivity index (χ0) is 17.8. The van der Waals surface area contributed by atoms with Crippen molar-refractivity contribution in [2.75, 3.05) is 25.1 Å². The van der Waals surface area contributed by atoms with Crippen LogP contribution in [0.5, 0.6) is 0 Å². The number of hydrogen-bond acceptors (Lipinski definition) is 4. The molecule has 2 fully saturated rings. The Bertz CT molecular complexity index is 673. The van der Waals surface area contributed by atoms with Gasteiger partial charge in [0.15, 0.2) is 0 Å². The van der Waals surface area contributed by atoms with Crippen molar-refractivity contribution in [1.29, 1.82) is 0 Å². The van der Waals surface area contributed by atoms with Gasteiger partial charge in [-0.1, -0.05) is 12.1 Å². The first-order chi connectivity index (χ1) is 12.1. The van der Waals surface area contributed by atoms with E-state index in [-0.39, 0.29) is 24.2 Å². The third kappa shape index (κ3) is 3.83. The van der Waals surface area contributed by atoms with Crippen LogP contribution in [0, 0.1) is 0 Å². The average Bonchev–Trinajstić information content (AvgIpc) is 3.07. The average molecular weight is 344 g/mol. The van der Waals surface area contributed by atoms with Crippen molar-refractivity contribution in [1.82, 2.24) is 4.90 Å². The number of anilines is 1. The molecule has 0 aromatic heterocycles. The minimum Gasteiger partial charge on any atom is -0.467 e. The van der Waals surface area contributed by atoms with Gasteiger partial charge >= 0.3 is 5.97 Å². The number of rotatable bonds is 4. The van der Waals surface area contributed by atoms with E-state index in [4.69, 9.17) is 4.74 Å². The summed E-state index contributed by atoms with van der Waals surface area (Å²) in [6, 6.07) is 7.08. The molecule has 0 saturated carbocycles. The summed E-state index contributed by atoms with van der Waals surface area (Å²) in [6.45, 7) is 1.32. The van der Waals surface area contributed by atoms with Gasteiger partial charge in [0, 0.05) is 25.2 Å². The van der Waals surface area contributed by atoms with Crippen molar-refractivity contribution in [2.45, 2.75) is 44.6 Å². The summed E-state index contributed by atoms with van der Waals surface area (Å²) in [7, 11) is 1.36. The molecule has 2 aliphatic rings. The lowest BCUT2D eigenvalue weighted by molar-refractivity contribution is -0.154. The number of carbonyl (C=O) groups excluding carboxylic acids is 3. The predicted molar refractivity (Wildman–Crippen MR) is 93.1 cm³/mol. The summed E-state index contributed by atoms with van der Waals surface area (Å²) in [4.78, 5) is 40.0. The van der Waals surface area contributed by atoms with Gasteiger partial charge in [0.1, 0.15) is 6.04 Å². The first-order valence-electron chi connectivity index (χ1n) is 8.87. The van der Waals surface area contributed by atoms with E-state index in [0.29, 0.717) is 19.4 Å². The lowest BCUT2D eigenvalue weighted by Gasteiger charge is -2.34. The molecule has 0 bridgehead atoms. The van der Waals surface area contributed by atoms with E-state index in [1.165, 1.54) is 7.11 Å². The number of carbonyl (C=O) groups is 3. The van der Waals surface area contributed by atoms with Crippen molar-refractivity contribution in [3.8, 4) is 0 Å². The quantitative estimate of drug-likeness (QED) is 0.783. The van der Waals surface area contributed by atoms with Gasteiger partial charge < -0.3 is 14.5 Å². The van der Waals surface area contributed by atoms with E-state index in [9.17, 15) is 14.4 Å². The predicted octanol–water partition coefficient (Wildman–Crippen LogP) is 1.91. The van der Waals surface area contributed by atoms with Gasteiger partial charge in [0.25, 0.3) is 0 Å². The molecular weight excluding hydrogens is 320 g/mol.